The number of rotatable bonds is 4. The Morgan fingerprint density at radius 1 is 1.73 bits per heavy atom. The van der Waals surface area contributed by atoms with Gasteiger partial charge in [0.2, 0.25) is 0 Å². The molecule has 0 saturated heterocycles. The molecule has 11 heavy (non-hydrogen) atoms. The lowest BCUT2D eigenvalue weighted by molar-refractivity contribution is -0.118. The molecule has 0 aliphatic rings. The average Bonchev–Trinajstić information content (AvgIpc) is 2.40. The Morgan fingerprint density at radius 3 is 3.09 bits per heavy atom. The number of carbonyl (C=O) groups is 1. The highest BCUT2D eigenvalue weighted by atomic mass is 32.1. The van der Waals surface area contributed by atoms with Gasteiger partial charge in [0.1, 0.15) is 16.3 Å². The third-order valence-electron chi connectivity index (χ3n) is 1.28. The molecule has 0 aliphatic carbocycles. The van der Waals surface area contributed by atoms with Crippen molar-refractivity contribution in [3.05, 3.63) is 10.5 Å². The maximum absolute atomic E-state index is 11.0. The molecule has 0 unspecified atom stereocenters. The molecular weight excluding hydrogens is 160 g/mol. The monoisotopic (exact) mass is 170 g/mol. The molecule has 0 bridgehead atoms. The molecule has 1 aromatic rings. The van der Waals surface area contributed by atoms with Gasteiger partial charge in [-0.25, -0.2) is 0 Å². The predicted molar refractivity (Wildman–Crippen MR) is 43.5 cm³/mol. The third kappa shape index (κ3) is 2.76. The van der Waals surface area contributed by atoms with E-state index in [9.17, 15) is 4.79 Å². The van der Waals surface area contributed by atoms with Crippen LogP contribution in [0, 0.1) is 0 Å². The van der Waals surface area contributed by atoms with Crippen LogP contribution in [0.1, 0.15) is 24.8 Å². The first-order valence-electron chi connectivity index (χ1n) is 3.59. The smallest absolute Gasteiger partial charge is 0.139 e. The van der Waals surface area contributed by atoms with Gasteiger partial charge in [0, 0.05) is 6.42 Å². The second-order valence-corrected chi connectivity index (χ2v) is 3.22. The fourth-order valence-corrected chi connectivity index (χ4v) is 1.36. The van der Waals surface area contributed by atoms with Crippen molar-refractivity contribution in [1.29, 1.82) is 0 Å². The fourth-order valence-electron chi connectivity index (χ4n) is 0.809. The minimum absolute atomic E-state index is 0.254. The van der Waals surface area contributed by atoms with E-state index >= 15 is 0 Å². The van der Waals surface area contributed by atoms with E-state index in [0.717, 1.165) is 11.4 Å². The SMILES string of the molecule is CCCC(=O)Cc1nncs1. The Morgan fingerprint density at radius 2 is 2.55 bits per heavy atom. The Balaban J connectivity index is 2.37. The summed E-state index contributed by atoms with van der Waals surface area (Å²) in [5.74, 6) is 0.254. The van der Waals surface area contributed by atoms with Gasteiger partial charge in [-0.3, -0.25) is 4.79 Å². The second-order valence-electron chi connectivity index (χ2n) is 2.30. The van der Waals surface area contributed by atoms with Crippen molar-refractivity contribution < 1.29 is 4.79 Å². The van der Waals surface area contributed by atoms with Gasteiger partial charge in [-0.05, 0) is 6.42 Å². The van der Waals surface area contributed by atoms with Crippen LogP contribution in [0.15, 0.2) is 5.51 Å². The largest absolute Gasteiger partial charge is 0.299 e. The Kier molecular flexibility index (Phi) is 3.16. The zero-order valence-electron chi connectivity index (χ0n) is 6.41. The van der Waals surface area contributed by atoms with Crippen LogP contribution in [0.3, 0.4) is 0 Å². The molecule has 0 aliphatic heterocycles. The van der Waals surface area contributed by atoms with Gasteiger partial charge in [-0.15, -0.1) is 21.5 Å². The number of hydrogen-bond donors (Lipinski definition) is 0. The predicted octanol–water partition coefficient (Wildman–Crippen LogP) is 1.45. The zero-order chi connectivity index (χ0) is 8.10. The van der Waals surface area contributed by atoms with Gasteiger partial charge >= 0.3 is 0 Å². The van der Waals surface area contributed by atoms with Crippen LogP contribution in [-0.2, 0) is 11.2 Å². The lowest BCUT2D eigenvalue weighted by Crippen LogP contribution is -2.01. The lowest BCUT2D eigenvalue weighted by atomic mass is 10.2. The maximum Gasteiger partial charge on any atom is 0.139 e. The summed E-state index contributed by atoms with van der Waals surface area (Å²) in [6, 6.07) is 0. The summed E-state index contributed by atoms with van der Waals surface area (Å²) in [5, 5.41) is 8.26. The molecule has 0 radical (unpaired) electrons. The first-order valence-corrected chi connectivity index (χ1v) is 4.47. The van der Waals surface area contributed by atoms with Crippen molar-refractivity contribution >= 4 is 17.1 Å². The molecule has 0 N–H and O–H groups in total. The molecule has 0 fully saturated rings. The van der Waals surface area contributed by atoms with Crippen molar-refractivity contribution in [2.24, 2.45) is 0 Å². The summed E-state index contributed by atoms with van der Waals surface area (Å²) >= 11 is 1.43. The van der Waals surface area contributed by atoms with E-state index in [-0.39, 0.29) is 5.78 Å². The summed E-state index contributed by atoms with van der Waals surface area (Å²) in [6.45, 7) is 2.00. The third-order valence-corrected chi connectivity index (χ3v) is 1.98. The first-order chi connectivity index (χ1) is 5.33. The standard InChI is InChI=1S/C7H10N2OS/c1-2-3-6(10)4-7-9-8-5-11-7/h5H,2-4H2,1H3. The molecule has 0 spiro atoms. The molecule has 1 aromatic heterocycles. The highest BCUT2D eigenvalue weighted by Gasteiger charge is 2.04. The maximum atomic E-state index is 11.0. The van der Waals surface area contributed by atoms with Crippen molar-refractivity contribution in [2.45, 2.75) is 26.2 Å². The molecule has 0 atom stereocenters. The molecule has 0 amide bonds. The van der Waals surface area contributed by atoms with E-state index < -0.39 is 0 Å². The topological polar surface area (TPSA) is 42.9 Å². The van der Waals surface area contributed by atoms with Crippen LogP contribution < -0.4 is 0 Å². The first kappa shape index (κ1) is 8.33. The van der Waals surface area contributed by atoms with Crippen LogP contribution in [0.5, 0.6) is 0 Å². The molecule has 1 rings (SSSR count). The Labute approximate surface area is 69.5 Å². The van der Waals surface area contributed by atoms with Gasteiger partial charge in [-0.2, -0.15) is 0 Å². The summed E-state index contributed by atoms with van der Waals surface area (Å²) < 4.78 is 0. The van der Waals surface area contributed by atoms with Crippen LogP contribution in [-0.4, -0.2) is 16.0 Å². The lowest BCUT2D eigenvalue weighted by Gasteiger charge is -1.91. The number of ketones is 1. The van der Waals surface area contributed by atoms with Gasteiger partial charge in [0.25, 0.3) is 0 Å². The minimum Gasteiger partial charge on any atom is -0.299 e. The summed E-state index contributed by atoms with van der Waals surface area (Å²) in [7, 11) is 0. The van der Waals surface area contributed by atoms with Gasteiger partial charge in [-0.1, -0.05) is 6.92 Å². The van der Waals surface area contributed by atoms with Crippen molar-refractivity contribution in [3.8, 4) is 0 Å². The second kappa shape index (κ2) is 4.18. The zero-order valence-corrected chi connectivity index (χ0v) is 7.23. The Hall–Kier alpha value is -0.770. The van der Waals surface area contributed by atoms with E-state index in [1.807, 2.05) is 6.92 Å². The minimum atomic E-state index is 0.254. The van der Waals surface area contributed by atoms with Crippen LogP contribution >= 0.6 is 11.3 Å². The van der Waals surface area contributed by atoms with Crippen molar-refractivity contribution in [2.75, 3.05) is 0 Å². The number of hydrogen-bond acceptors (Lipinski definition) is 4. The van der Waals surface area contributed by atoms with E-state index in [4.69, 9.17) is 0 Å². The van der Waals surface area contributed by atoms with Crippen LogP contribution in [0.4, 0.5) is 0 Å². The fraction of sp³-hybridized carbons (Fsp3) is 0.571. The van der Waals surface area contributed by atoms with E-state index in [1.54, 1.807) is 5.51 Å². The summed E-state index contributed by atoms with van der Waals surface area (Å²) in [4.78, 5) is 11.0. The summed E-state index contributed by atoms with van der Waals surface area (Å²) in [6.07, 6.45) is 2.02. The van der Waals surface area contributed by atoms with Gasteiger partial charge in [0.15, 0.2) is 0 Å². The Bertz CT molecular complexity index is 220. The van der Waals surface area contributed by atoms with E-state index in [2.05, 4.69) is 10.2 Å². The van der Waals surface area contributed by atoms with Gasteiger partial charge in [0.05, 0.1) is 6.42 Å². The molecule has 0 aromatic carbocycles. The average molecular weight is 170 g/mol. The number of aromatic nitrogens is 2. The van der Waals surface area contributed by atoms with Crippen LogP contribution in [0.25, 0.3) is 0 Å². The van der Waals surface area contributed by atoms with Crippen molar-refractivity contribution in [3.63, 3.8) is 0 Å². The normalized spacial score (nSPS) is 9.91. The quantitative estimate of drug-likeness (QED) is 0.686. The number of carbonyl (C=O) groups excluding carboxylic acids is 1. The van der Waals surface area contributed by atoms with Crippen LogP contribution in [0.2, 0.25) is 0 Å². The van der Waals surface area contributed by atoms with E-state index in [1.165, 1.54) is 11.3 Å². The molecule has 4 heteroatoms. The highest BCUT2D eigenvalue weighted by Crippen LogP contribution is 2.04. The molecule has 3 nitrogen and oxygen atoms in total. The molecule has 1 heterocycles. The number of nitrogens with zero attached hydrogens (tertiary/aromatic N) is 2. The highest BCUT2D eigenvalue weighted by molar-refractivity contribution is 7.09. The summed E-state index contributed by atoms with van der Waals surface area (Å²) in [5.41, 5.74) is 1.65. The number of Topliss-reactive ketones (excluding diaryl/α,β-unsaturated/α-hetero) is 1. The molecular formula is C7H10N2OS. The molecule has 60 valence electrons. The van der Waals surface area contributed by atoms with Gasteiger partial charge < -0.3 is 0 Å². The molecule has 0 saturated carbocycles. The van der Waals surface area contributed by atoms with E-state index in [0.29, 0.717) is 12.8 Å². The van der Waals surface area contributed by atoms with Crippen molar-refractivity contribution in [1.82, 2.24) is 10.2 Å².